The van der Waals surface area contributed by atoms with Gasteiger partial charge in [-0.05, 0) is 31.0 Å². The van der Waals surface area contributed by atoms with Crippen molar-refractivity contribution in [3.8, 4) is 0 Å². The molecule has 0 saturated carbocycles. The van der Waals surface area contributed by atoms with Crippen LogP contribution in [0.4, 0.5) is 0 Å². The smallest absolute Gasteiger partial charge is 0.305 e. The molecule has 1 amide bonds. The van der Waals surface area contributed by atoms with E-state index in [1.807, 2.05) is 12.1 Å². The third kappa shape index (κ3) is 5.84. The molecule has 0 aliphatic rings. The van der Waals surface area contributed by atoms with Crippen LogP contribution in [-0.4, -0.2) is 32.1 Å². The van der Waals surface area contributed by atoms with Crippen molar-refractivity contribution in [1.82, 2.24) is 5.32 Å². The standard InChI is InChI=1S/C15H21NO4/c1-3-20-14(17)5-4-10-16-15(18)13-8-6-12(7-9-13)11-19-2/h6-9H,3-5,10-11H2,1-2H3,(H,16,18). The predicted molar refractivity (Wildman–Crippen MR) is 75.4 cm³/mol. The number of benzene rings is 1. The van der Waals surface area contributed by atoms with Crippen molar-refractivity contribution in [3.05, 3.63) is 35.4 Å². The zero-order chi connectivity index (χ0) is 14.8. The van der Waals surface area contributed by atoms with Crippen molar-refractivity contribution < 1.29 is 19.1 Å². The average Bonchev–Trinajstić information content (AvgIpc) is 2.45. The molecule has 0 bridgehead atoms. The summed E-state index contributed by atoms with van der Waals surface area (Å²) in [4.78, 5) is 22.9. The van der Waals surface area contributed by atoms with E-state index in [1.165, 1.54) is 0 Å². The number of hydrogen-bond donors (Lipinski definition) is 1. The number of carbonyl (C=O) groups excluding carboxylic acids is 2. The highest BCUT2D eigenvalue weighted by atomic mass is 16.5. The van der Waals surface area contributed by atoms with Gasteiger partial charge in [-0.3, -0.25) is 9.59 Å². The van der Waals surface area contributed by atoms with Crippen LogP contribution in [0.5, 0.6) is 0 Å². The molecule has 0 aliphatic carbocycles. The molecular weight excluding hydrogens is 258 g/mol. The Morgan fingerprint density at radius 3 is 2.50 bits per heavy atom. The fourth-order valence-electron chi connectivity index (χ4n) is 1.69. The maximum atomic E-state index is 11.8. The number of hydrogen-bond acceptors (Lipinski definition) is 4. The minimum atomic E-state index is -0.231. The molecule has 0 saturated heterocycles. The quantitative estimate of drug-likeness (QED) is 0.583. The molecule has 20 heavy (non-hydrogen) atoms. The van der Waals surface area contributed by atoms with Crippen molar-refractivity contribution in [1.29, 1.82) is 0 Å². The van der Waals surface area contributed by atoms with Crippen LogP contribution in [0.25, 0.3) is 0 Å². The van der Waals surface area contributed by atoms with Gasteiger partial charge in [0.1, 0.15) is 0 Å². The molecule has 0 spiro atoms. The molecule has 0 heterocycles. The van der Waals surface area contributed by atoms with Crippen molar-refractivity contribution in [2.24, 2.45) is 0 Å². The van der Waals surface area contributed by atoms with Crippen molar-refractivity contribution in [2.45, 2.75) is 26.4 Å². The molecule has 0 radical (unpaired) electrons. The molecule has 5 heteroatoms. The van der Waals surface area contributed by atoms with E-state index in [9.17, 15) is 9.59 Å². The zero-order valence-corrected chi connectivity index (χ0v) is 12.0. The van der Waals surface area contributed by atoms with Gasteiger partial charge >= 0.3 is 5.97 Å². The summed E-state index contributed by atoms with van der Waals surface area (Å²) in [7, 11) is 1.63. The number of esters is 1. The highest BCUT2D eigenvalue weighted by molar-refractivity contribution is 5.94. The second-order valence-electron chi connectivity index (χ2n) is 4.29. The molecular formula is C15H21NO4. The van der Waals surface area contributed by atoms with Crippen molar-refractivity contribution in [2.75, 3.05) is 20.3 Å². The zero-order valence-electron chi connectivity index (χ0n) is 12.0. The lowest BCUT2D eigenvalue weighted by Gasteiger charge is -2.06. The number of amides is 1. The summed E-state index contributed by atoms with van der Waals surface area (Å²) in [6.07, 6.45) is 0.896. The van der Waals surface area contributed by atoms with Gasteiger partial charge in [-0.2, -0.15) is 0 Å². The number of rotatable bonds is 8. The Bertz CT molecular complexity index is 428. The fourth-order valence-corrected chi connectivity index (χ4v) is 1.69. The Morgan fingerprint density at radius 1 is 1.20 bits per heavy atom. The summed E-state index contributed by atoms with van der Waals surface area (Å²) in [5.74, 6) is -0.372. The van der Waals surface area contributed by atoms with Crippen LogP contribution in [-0.2, 0) is 20.9 Å². The van der Waals surface area contributed by atoms with Crippen LogP contribution in [0.3, 0.4) is 0 Å². The highest BCUT2D eigenvalue weighted by Gasteiger charge is 2.06. The summed E-state index contributed by atoms with van der Waals surface area (Å²) in [5.41, 5.74) is 1.62. The third-order valence-electron chi connectivity index (χ3n) is 2.68. The summed E-state index contributed by atoms with van der Waals surface area (Å²) >= 11 is 0. The molecule has 0 fully saturated rings. The first kappa shape index (κ1) is 16.2. The summed E-state index contributed by atoms with van der Waals surface area (Å²) in [5, 5.41) is 2.77. The fraction of sp³-hybridized carbons (Fsp3) is 0.467. The first-order valence-electron chi connectivity index (χ1n) is 6.69. The van der Waals surface area contributed by atoms with Gasteiger partial charge in [0, 0.05) is 25.6 Å². The largest absolute Gasteiger partial charge is 0.466 e. The Labute approximate surface area is 119 Å². The second kappa shape index (κ2) is 9.09. The van der Waals surface area contributed by atoms with Gasteiger partial charge < -0.3 is 14.8 Å². The summed E-state index contributed by atoms with van der Waals surface area (Å²) in [6.45, 7) is 3.14. The van der Waals surface area contributed by atoms with E-state index in [2.05, 4.69) is 5.32 Å². The van der Waals surface area contributed by atoms with Gasteiger partial charge in [0.15, 0.2) is 0 Å². The molecule has 110 valence electrons. The van der Waals surface area contributed by atoms with Crippen molar-refractivity contribution in [3.63, 3.8) is 0 Å². The average molecular weight is 279 g/mol. The highest BCUT2D eigenvalue weighted by Crippen LogP contribution is 2.05. The Morgan fingerprint density at radius 2 is 1.90 bits per heavy atom. The molecule has 0 aliphatic heterocycles. The van der Waals surface area contributed by atoms with Crippen LogP contribution in [0.1, 0.15) is 35.7 Å². The molecule has 0 unspecified atom stereocenters. The number of nitrogens with one attached hydrogen (secondary N) is 1. The molecule has 1 aromatic carbocycles. The van der Waals surface area contributed by atoms with Gasteiger partial charge in [-0.1, -0.05) is 12.1 Å². The maximum absolute atomic E-state index is 11.8. The second-order valence-corrected chi connectivity index (χ2v) is 4.29. The number of ether oxygens (including phenoxy) is 2. The minimum Gasteiger partial charge on any atom is -0.466 e. The van der Waals surface area contributed by atoms with Crippen LogP contribution in [0, 0.1) is 0 Å². The van der Waals surface area contributed by atoms with Crippen LogP contribution >= 0.6 is 0 Å². The summed E-state index contributed by atoms with van der Waals surface area (Å²) < 4.78 is 9.81. The molecule has 1 N–H and O–H groups in total. The Balaban J connectivity index is 2.30. The lowest BCUT2D eigenvalue weighted by atomic mass is 10.1. The first-order valence-corrected chi connectivity index (χ1v) is 6.69. The molecule has 5 nitrogen and oxygen atoms in total. The predicted octanol–water partition coefficient (Wildman–Crippen LogP) is 1.91. The van der Waals surface area contributed by atoms with E-state index in [0.717, 1.165) is 5.56 Å². The number of carbonyl (C=O) groups is 2. The van der Waals surface area contributed by atoms with Gasteiger partial charge in [-0.15, -0.1) is 0 Å². The first-order chi connectivity index (χ1) is 9.67. The lowest BCUT2D eigenvalue weighted by Crippen LogP contribution is -2.25. The third-order valence-corrected chi connectivity index (χ3v) is 2.68. The molecule has 1 aromatic rings. The van der Waals surface area contributed by atoms with Gasteiger partial charge in [0.25, 0.3) is 5.91 Å². The van der Waals surface area contributed by atoms with Crippen molar-refractivity contribution >= 4 is 11.9 Å². The van der Waals surface area contributed by atoms with Gasteiger partial charge in [-0.25, -0.2) is 0 Å². The maximum Gasteiger partial charge on any atom is 0.305 e. The van der Waals surface area contributed by atoms with E-state index >= 15 is 0 Å². The van der Waals surface area contributed by atoms with E-state index < -0.39 is 0 Å². The molecule has 0 atom stereocenters. The van der Waals surface area contributed by atoms with Crippen LogP contribution < -0.4 is 5.32 Å². The Hall–Kier alpha value is -1.88. The van der Waals surface area contributed by atoms with Crippen LogP contribution in [0.2, 0.25) is 0 Å². The van der Waals surface area contributed by atoms with Crippen LogP contribution in [0.15, 0.2) is 24.3 Å². The SMILES string of the molecule is CCOC(=O)CCCNC(=O)c1ccc(COC)cc1. The Kier molecular flexibility index (Phi) is 7.35. The van der Waals surface area contributed by atoms with E-state index in [1.54, 1.807) is 26.2 Å². The van der Waals surface area contributed by atoms with E-state index in [-0.39, 0.29) is 11.9 Å². The van der Waals surface area contributed by atoms with Gasteiger partial charge in [0.2, 0.25) is 0 Å². The monoisotopic (exact) mass is 279 g/mol. The lowest BCUT2D eigenvalue weighted by molar-refractivity contribution is -0.143. The van der Waals surface area contributed by atoms with Gasteiger partial charge in [0.05, 0.1) is 13.2 Å². The minimum absolute atomic E-state index is 0.141. The normalized spacial score (nSPS) is 10.1. The molecule has 0 aromatic heterocycles. The van der Waals surface area contributed by atoms with E-state index in [0.29, 0.717) is 38.2 Å². The molecule has 1 rings (SSSR count). The van der Waals surface area contributed by atoms with E-state index in [4.69, 9.17) is 9.47 Å². The summed E-state index contributed by atoms with van der Waals surface area (Å²) in [6, 6.07) is 7.23. The topological polar surface area (TPSA) is 64.6 Å². The number of methoxy groups -OCH3 is 1.